The van der Waals surface area contributed by atoms with E-state index < -0.39 is 41.7 Å². The molecule has 112 heavy (non-hydrogen) atoms. The van der Waals surface area contributed by atoms with Crippen molar-refractivity contribution < 1.29 is 15.4 Å². The van der Waals surface area contributed by atoms with Crippen LogP contribution in [0.2, 0.25) is 0 Å². The molecule has 2 aromatic heterocycles. The lowest BCUT2D eigenvalue weighted by molar-refractivity contribution is 0.589. The lowest BCUT2D eigenvalue weighted by Crippen LogP contribution is -2.62. The molecular formula is C106H81BN4O. The average molecular weight is 1450 g/mol. The molecule has 5 heterocycles. The fourth-order valence-corrected chi connectivity index (χ4v) is 18.3. The second-order valence-electron chi connectivity index (χ2n) is 32.0. The van der Waals surface area contributed by atoms with Crippen LogP contribution in [-0.2, 0) is 17.3 Å². The van der Waals surface area contributed by atoms with Crippen LogP contribution in [0.15, 0.2) is 368 Å². The molecule has 0 N–H and O–H groups in total. The van der Waals surface area contributed by atoms with E-state index in [9.17, 15) is 8.22 Å². The SMILES string of the molecule is [2H]c1c([2H])c([2H])c2c(c1[2H])c1c([2H])c([2H])c([2H])c([2H])c1n2-c1cccc(N(c2cc(C(C)(C)C)cc3c2Cc2cc4c(cc2N3c2ccccc2)N(c2c(-c3ccccc3)cccc2-c2ccccc2)c2cc(C(C)(C)C)cc3c2B4c2ccccc2C3c2cccc3c2oc2ccccc23)c2c(-c3ccccc3)cccc2-c2ccccc2)c1. The minimum absolute atomic E-state index is 0.00575. The Morgan fingerprint density at radius 1 is 0.393 bits per heavy atom. The van der Waals surface area contributed by atoms with Crippen molar-refractivity contribution in [2.24, 2.45) is 0 Å². The topological polar surface area (TPSA) is 27.8 Å². The molecule has 0 radical (unpaired) electrons. The summed E-state index contributed by atoms with van der Waals surface area (Å²) in [6.45, 7) is 13.6. The molecular weight excluding hydrogens is 1360 g/mol. The average Bonchev–Trinajstić information content (AvgIpc) is 0.972. The Bertz CT molecular complexity index is 7090. The number of benzene rings is 16. The van der Waals surface area contributed by atoms with Crippen molar-refractivity contribution in [3.05, 3.63) is 403 Å². The molecule has 0 amide bonds. The summed E-state index contributed by atoms with van der Waals surface area (Å²) in [5.41, 5.74) is 29.7. The summed E-state index contributed by atoms with van der Waals surface area (Å²) in [5, 5.41) is 2.17. The summed E-state index contributed by atoms with van der Waals surface area (Å²) in [6.07, 6.45) is 0.439. The Balaban J connectivity index is 0.892. The minimum atomic E-state index is -0.502. The van der Waals surface area contributed by atoms with E-state index in [0.29, 0.717) is 17.8 Å². The normalized spacial score (nSPS) is 14.6. The zero-order chi connectivity index (χ0) is 82.1. The molecule has 1 atom stereocenters. The van der Waals surface area contributed by atoms with Gasteiger partial charge < -0.3 is 23.7 Å². The summed E-state index contributed by atoms with van der Waals surface area (Å²) in [4.78, 5) is 7.56. The van der Waals surface area contributed by atoms with Crippen molar-refractivity contribution in [3.8, 4) is 50.2 Å². The minimum Gasteiger partial charge on any atom is -0.456 e. The van der Waals surface area contributed by atoms with Crippen LogP contribution in [0.3, 0.4) is 0 Å². The van der Waals surface area contributed by atoms with Crippen molar-refractivity contribution in [2.45, 2.75) is 64.7 Å². The molecule has 1 unspecified atom stereocenters. The van der Waals surface area contributed by atoms with Gasteiger partial charge in [0.1, 0.15) is 11.2 Å². The van der Waals surface area contributed by atoms with E-state index in [4.69, 9.17) is 7.16 Å². The zero-order valence-corrected chi connectivity index (χ0v) is 63.1. The summed E-state index contributed by atoms with van der Waals surface area (Å²) in [7, 11) is 0. The molecule has 0 spiro atoms. The molecule has 534 valence electrons. The first kappa shape index (κ1) is 58.6. The Morgan fingerprint density at radius 2 is 0.902 bits per heavy atom. The lowest BCUT2D eigenvalue weighted by Gasteiger charge is -2.46. The van der Waals surface area contributed by atoms with Crippen LogP contribution in [0.25, 0.3) is 93.9 Å². The molecule has 16 aromatic carbocycles. The van der Waals surface area contributed by atoms with Gasteiger partial charge in [-0.2, -0.15) is 0 Å². The maximum absolute atomic E-state index is 9.77. The van der Waals surface area contributed by atoms with E-state index in [1.807, 2.05) is 30.3 Å². The first-order chi connectivity index (χ1) is 58.2. The standard InChI is InChI=1S/C106H81BN4O/c1-105(2,3)73-62-89-100(87-55-33-54-85-84-48-25-29-59-99(84)112-104(85)87)86-49-22-26-56-90(86)107-91-61-72-60-88-95(108(75-42-20-11-21-43-75)94(72)67-97(91)111(98(65-73)101(89)107)103-80(70-38-16-9-17-39-70)52-32-53-81(103)71-40-18-10-19-41-71)63-74(106(4,5)6)64-96(88)110(102-78(68-34-12-7-13-35-68)50-31-51-79(102)69-36-14-8-15-37-69)77-45-30-44-76(66-77)109-92-57-27-23-46-82(92)83-47-24-28-58-93(83)109/h7-59,61-67,100H,60H2,1-6H3/i23D,24D,27D,28D,46D,47D,57D,58D. The Morgan fingerprint density at radius 3 is 1.54 bits per heavy atom. The maximum Gasteiger partial charge on any atom is 0.247 e. The van der Waals surface area contributed by atoms with Gasteiger partial charge in [0.25, 0.3) is 0 Å². The molecule has 21 rings (SSSR count). The highest BCUT2D eigenvalue weighted by molar-refractivity contribution is 6.99. The van der Waals surface area contributed by atoms with Crippen LogP contribution in [0.5, 0.6) is 0 Å². The number of aromatic nitrogens is 1. The van der Waals surface area contributed by atoms with Gasteiger partial charge >= 0.3 is 0 Å². The molecule has 3 aliphatic heterocycles. The fourth-order valence-electron chi connectivity index (χ4n) is 18.3. The van der Waals surface area contributed by atoms with Crippen molar-refractivity contribution in [2.75, 3.05) is 14.7 Å². The number of hydrogen-bond acceptors (Lipinski definition) is 4. The monoisotopic (exact) mass is 1440 g/mol. The third-order valence-corrected chi connectivity index (χ3v) is 23.5. The molecule has 0 saturated carbocycles. The van der Waals surface area contributed by atoms with Gasteiger partial charge in [-0.25, -0.2) is 0 Å². The summed E-state index contributed by atoms with van der Waals surface area (Å²) >= 11 is 0. The number of fused-ring (bicyclic) bond motifs is 12. The predicted molar refractivity (Wildman–Crippen MR) is 473 cm³/mol. The number of nitrogens with zero attached hydrogens (tertiary/aromatic N) is 4. The number of rotatable bonds is 11. The maximum atomic E-state index is 9.77. The number of hydrogen-bond donors (Lipinski definition) is 0. The predicted octanol–water partition coefficient (Wildman–Crippen LogP) is 26.6. The van der Waals surface area contributed by atoms with E-state index in [1.54, 1.807) is 4.57 Å². The third-order valence-electron chi connectivity index (χ3n) is 23.5. The quantitative estimate of drug-likeness (QED) is 0.121. The van der Waals surface area contributed by atoms with Crippen molar-refractivity contribution in [3.63, 3.8) is 0 Å². The molecule has 3 aliphatic rings. The first-order valence-electron chi connectivity index (χ1n) is 42.8. The molecule has 5 nitrogen and oxygen atoms in total. The molecule has 0 aliphatic carbocycles. The fraction of sp³-hybridized carbons (Fsp3) is 0.0943. The van der Waals surface area contributed by atoms with Crippen LogP contribution >= 0.6 is 0 Å². The largest absolute Gasteiger partial charge is 0.456 e. The number of para-hydroxylation sites is 7. The van der Waals surface area contributed by atoms with E-state index in [1.165, 1.54) is 27.6 Å². The van der Waals surface area contributed by atoms with Gasteiger partial charge in [-0.05, 0) is 145 Å². The van der Waals surface area contributed by atoms with Crippen LogP contribution in [-0.4, -0.2) is 11.3 Å². The molecule has 0 fully saturated rings. The van der Waals surface area contributed by atoms with Crippen LogP contribution in [0.4, 0.5) is 51.2 Å². The highest BCUT2D eigenvalue weighted by Gasteiger charge is 2.47. The third kappa shape index (κ3) is 10.7. The molecule has 18 aromatic rings. The second kappa shape index (κ2) is 26.1. The highest BCUT2D eigenvalue weighted by Crippen LogP contribution is 2.58. The first-order valence-corrected chi connectivity index (χ1v) is 38.8. The van der Waals surface area contributed by atoms with Crippen molar-refractivity contribution >= 4 is 118 Å². The molecule has 0 bridgehead atoms. The number of furan rings is 1. The van der Waals surface area contributed by atoms with Gasteiger partial charge in [0.2, 0.25) is 6.71 Å². The highest BCUT2D eigenvalue weighted by atomic mass is 16.3. The van der Waals surface area contributed by atoms with Gasteiger partial charge in [0.05, 0.1) is 50.4 Å². The smallest absolute Gasteiger partial charge is 0.247 e. The van der Waals surface area contributed by atoms with E-state index >= 15 is 0 Å². The molecule has 0 saturated heterocycles. The summed E-state index contributed by atoms with van der Waals surface area (Å²) in [6, 6.07) is 110. The van der Waals surface area contributed by atoms with E-state index in [2.05, 4.69) is 341 Å². The van der Waals surface area contributed by atoms with E-state index in [-0.39, 0.29) is 51.9 Å². The summed E-state index contributed by atoms with van der Waals surface area (Å²) < 4.78 is 83.9. The van der Waals surface area contributed by atoms with Gasteiger partial charge in [-0.15, -0.1) is 0 Å². The Hall–Kier alpha value is -13.4. The van der Waals surface area contributed by atoms with Crippen molar-refractivity contribution in [1.82, 2.24) is 4.57 Å². The van der Waals surface area contributed by atoms with Gasteiger partial charge in [-0.3, -0.25) is 0 Å². The van der Waals surface area contributed by atoms with Crippen molar-refractivity contribution in [1.29, 1.82) is 0 Å². The van der Waals surface area contributed by atoms with Gasteiger partial charge in [0, 0.05) is 95.7 Å². The van der Waals surface area contributed by atoms with Crippen LogP contribution < -0.4 is 31.1 Å². The van der Waals surface area contributed by atoms with E-state index in [0.717, 1.165) is 140 Å². The lowest BCUT2D eigenvalue weighted by atomic mass is 9.31. The zero-order valence-electron chi connectivity index (χ0n) is 71.1. The Kier molecular flexibility index (Phi) is 13.7. The summed E-state index contributed by atoms with van der Waals surface area (Å²) in [5.74, 6) is -0.262. The van der Waals surface area contributed by atoms with Crippen LogP contribution in [0, 0.1) is 0 Å². The molecule has 6 heteroatoms. The number of anilines is 9. The van der Waals surface area contributed by atoms with Gasteiger partial charge in [0.15, 0.2) is 0 Å². The van der Waals surface area contributed by atoms with Gasteiger partial charge in [-0.1, -0.05) is 338 Å². The Labute approximate surface area is 666 Å². The van der Waals surface area contributed by atoms with Crippen LogP contribution in [0.1, 0.15) is 97.4 Å². The second-order valence-corrected chi connectivity index (χ2v) is 32.0.